The Morgan fingerprint density at radius 1 is 1.07 bits per heavy atom. The largest absolute Gasteiger partial charge is 0.545 e. The van der Waals surface area contributed by atoms with Crippen LogP contribution in [0.25, 0.3) is 11.8 Å². The molecule has 1 heterocycles. The number of carbonyl (C=O) groups is 2. The topological polar surface area (TPSA) is 98.0 Å². The number of hydrogen-bond donors (Lipinski definition) is 1. The van der Waals surface area contributed by atoms with Crippen molar-refractivity contribution in [2.75, 3.05) is 5.32 Å². The molecule has 0 saturated heterocycles. The zero-order valence-corrected chi connectivity index (χ0v) is 16.0. The Hall–Kier alpha value is -4.11. The van der Waals surface area contributed by atoms with Crippen molar-refractivity contribution in [3.63, 3.8) is 0 Å². The van der Waals surface area contributed by atoms with Crippen LogP contribution in [0.3, 0.4) is 0 Å². The monoisotopic (exact) mass is 384 g/mol. The molecule has 3 aromatic rings. The SMILES string of the molecule is Cc1cc(C)cc(NC(=O)/C(C#N)=C/c2cccn2-c2cccc(C(=O)[O-])c2)c1. The summed E-state index contributed by atoms with van der Waals surface area (Å²) in [4.78, 5) is 23.7. The number of carboxylic acids is 1. The van der Waals surface area contributed by atoms with Gasteiger partial charge in [-0.25, -0.2) is 0 Å². The van der Waals surface area contributed by atoms with E-state index in [0.717, 1.165) is 11.1 Å². The molecule has 0 aliphatic carbocycles. The van der Waals surface area contributed by atoms with Gasteiger partial charge in [-0.1, -0.05) is 18.2 Å². The van der Waals surface area contributed by atoms with E-state index in [0.29, 0.717) is 17.1 Å². The van der Waals surface area contributed by atoms with Gasteiger partial charge in [0, 0.05) is 23.3 Å². The Labute approximate surface area is 168 Å². The summed E-state index contributed by atoms with van der Waals surface area (Å²) in [5.74, 6) is -1.80. The molecular weight excluding hydrogens is 366 g/mol. The number of carbonyl (C=O) groups excluding carboxylic acids is 2. The third-order valence-corrected chi connectivity index (χ3v) is 4.28. The molecule has 0 atom stereocenters. The lowest BCUT2D eigenvalue weighted by Crippen LogP contribution is -2.22. The van der Waals surface area contributed by atoms with Crippen LogP contribution >= 0.6 is 0 Å². The number of aryl methyl sites for hydroxylation is 2. The van der Waals surface area contributed by atoms with E-state index in [4.69, 9.17) is 0 Å². The van der Waals surface area contributed by atoms with Crippen LogP contribution in [0.2, 0.25) is 0 Å². The highest BCUT2D eigenvalue weighted by atomic mass is 16.4. The second-order valence-electron chi connectivity index (χ2n) is 6.64. The van der Waals surface area contributed by atoms with E-state index < -0.39 is 11.9 Å². The third-order valence-electron chi connectivity index (χ3n) is 4.28. The van der Waals surface area contributed by atoms with Gasteiger partial charge in [-0.15, -0.1) is 0 Å². The van der Waals surface area contributed by atoms with Gasteiger partial charge in [-0.2, -0.15) is 5.26 Å². The molecule has 0 spiro atoms. The normalized spacial score (nSPS) is 11.0. The number of nitriles is 1. The van der Waals surface area contributed by atoms with Gasteiger partial charge in [0.2, 0.25) is 0 Å². The minimum atomic E-state index is -1.28. The van der Waals surface area contributed by atoms with Gasteiger partial charge in [0.05, 0.1) is 5.97 Å². The average molecular weight is 384 g/mol. The minimum Gasteiger partial charge on any atom is -0.545 e. The predicted molar refractivity (Wildman–Crippen MR) is 108 cm³/mol. The summed E-state index contributed by atoms with van der Waals surface area (Å²) >= 11 is 0. The molecule has 0 unspecified atom stereocenters. The molecule has 0 radical (unpaired) electrons. The molecule has 0 bridgehead atoms. The number of aromatic nitrogens is 1. The zero-order valence-electron chi connectivity index (χ0n) is 16.0. The lowest BCUT2D eigenvalue weighted by atomic mass is 10.1. The number of rotatable bonds is 5. The van der Waals surface area contributed by atoms with E-state index in [-0.39, 0.29) is 11.1 Å². The van der Waals surface area contributed by atoms with E-state index in [9.17, 15) is 20.0 Å². The van der Waals surface area contributed by atoms with Crippen LogP contribution in [0.5, 0.6) is 0 Å². The van der Waals surface area contributed by atoms with Crippen LogP contribution in [-0.2, 0) is 4.79 Å². The van der Waals surface area contributed by atoms with Crippen molar-refractivity contribution in [3.05, 3.63) is 88.8 Å². The molecule has 2 aromatic carbocycles. The van der Waals surface area contributed by atoms with Crippen molar-refractivity contribution in [1.29, 1.82) is 5.26 Å². The fraction of sp³-hybridized carbons (Fsp3) is 0.0870. The van der Waals surface area contributed by atoms with Crippen LogP contribution in [0.4, 0.5) is 5.69 Å². The molecule has 29 heavy (non-hydrogen) atoms. The van der Waals surface area contributed by atoms with E-state index in [1.54, 1.807) is 35.0 Å². The summed E-state index contributed by atoms with van der Waals surface area (Å²) in [5.41, 5.74) is 3.74. The first-order chi connectivity index (χ1) is 13.9. The fourth-order valence-corrected chi connectivity index (χ4v) is 3.07. The number of hydrogen-bond acceptors (Lipinski definition) is 4. The van der Waals surface area contributed by atoms with Crippen molar-refractivity contribution in [2.24, 2.45) is 0 Å². The second kappa shape index (κ2) is 8.28. The number of carboxylic acid groups (broad SMARTS) is 1. The van der Waals surface area contributed by atoms with Crippen molar-refractivity contribution < 1.29 is 14.7 Å². The van der Waals surface area contributed by atoms with Crippen molar-refractivity contribution in [3.8, 4) is 11.8 Å². The number of amides is 1. The van der Waals surface area contributed by atoms with E-state index in [2.05, 4.69) is 5.32 Å². The zero-order chi connectivity index (χ0) is 21.0. The summed E-state index contributed by atoms with van der Waals surface area (Å²) < 4.78 is 1.69. The lowest BCUT2D eigenvalue weighted by molar-refractivity contribution is -0.255. The Kier molecular flexibility index (Phi) is 5.61. The Bertz CT molecular complexity index is 1150. The third kappa shape index (κ3) is 4.60. The molecule has 1 N–H and O–H groups in total. The molecular formula is C23H18N3O3-. The smallest absolute Gasteiger partial charge is 0.266 e. The summed E-state index contributed by atoms with van der Waals surface area (Å²) in [7, 11) is 0. The van der Waals surface area contributed by atoms with E-state index in [1.165, 1.54) is 18.2 Å². The highest BCUT2D eigenvalue weighted by molar-refractivity contribution is 6.09. The van der Waals surface area contributed by atoms with Crippen LogP contribution in [0.15, 0.2) is 66.4 Å². The minimum absolute atomic E-state index is 0.0409. The maximum absolute atomic E-state index is 12.6. The lowest BCUT2D eigenvalue weighted by Gasteiger charge is -2.10. The van der Waals surface area contributed by atoms with Gasteiger partial charge in [0.1, 0.15) is 11.6 Å². The first kappa shape index (κ1) is 19.6. The molecule has 0 aliphatic heterocycles. The van der Waals surface area contributed by atoms with Crippen LogP contribution in [0, 0.1) is 25.2 Å². The highest BCUT2D eigenvalue weighted by Gasteiger charge is 2.12. The molecule has 1 aromatic heterocycles. The van der Waals surface area contributed by atoms with Crippen molar-refractivity contribution >= 4 is 23.6 Å². The Balaban J connectivity index is 1.92. The second-order valence-corrected chi connectivity index (χ2v) is 6.64. The maximum atomic E-state index is 12.6. The highest BCUT2D eigenvalue weighted by Crippen LogP contribution is 2.19. The first-order valence-corrected chi connectivity index (χ1v) is 8.88. The molecule has 144 valence electrons. The molecule has 0 fully saturated rings. The van der Waals surface area contributed by atoms with Crippen LogP contribution < -0.4 is 10.4 Å². The average Bonchev–Trinajstić information content (AvgIpc) is 3.13. The van der Waals surface area contributed by atoms with Gasteiger partial charge in [-0.05, 0) is 73.0 Å². The quantitative estimate of drug-likeness (QED) is 0.540. The molecule has 0 saturated carbocycles. The van der Waals surface area contributed by atoms with Gasteiger partial charge in [0.15, 0.2) is 0 Å². The number of nitrogens with zero attached hydrogens (tertiary/aromatic N) is 2. The van der Waals surface area contributed by atoms with Crippen molar-refractivity contribution in [1.82, 2.24) is 4.57 Å². The molecule has 6 heteroatoms. The van der Waals surface area contributed by atoms with Crippen LogP contribution in [0.1, 0.15) is 27.2 Å². The maximum Gasteiger partial charge on any atom is 0.266 e. The Morgan fingerprint density at radius 2 is 1.79 bits per heavy atom. The van der Waals surface area contributed by atoms with Gasteiger partial charge < -0.3 is 19.8 Å². The number of nitrogens with one attached hydrogen (secondary N) is 1. The van der Waals surface area contributed by atoms with E-state index >= 15 is 0 Å². The molecule has 3 rings (SSSR count). The first-order valence-electron chi connectivity index (χ1n) is 8.88. The van der Waals surface area contributed by atoms with Gasteiger partial charge in [-0.3, -0.25) is 4.79 Å². The number of aromatic carboxylic acids is 1. The number of benzene rings is 2. The van der Waals surface area contributed by atoms with Crippen molar-refractivity contribution in [2.45, 2.75) is 13.8 Å². The summed E-state index contributed by atoms with van der Waals surface area (Å²) in [5, 5.41) is 23.3. The standard InChI is InChI=1S/C23H19N3O3/c1-15-9-16(2)11-19(10-15)25-22(27)18(14-24)13-21-7-4-8-26(21)20-6-3-5-17(12-20)23(28)29/h3-13H,1-2H3,(H,25,27)(H,28,29)/p-1/b18-13+. The summed E-state index contributed by atoms with van der Waals surface area (Å²) in [6.07, 6.45) is 3.18. The summed E-state index contributed by atoms with van der Waals surface area (Å²) in [6, 6.07) is 17.3. The van der Waals surface area contributed by atoms with E-state index in [1.807, 2.05) is 38.1 Å². The fourth-order valence-electron chi connectivity index (χ4n) is 3.07. The number of anilines is 1. The van der Waals surface area contributed by atoms with Gasteiger partial charge >= 0.3 is 0 Å². The molecule has 1 amide bonds. The molecule has 6 nitrogen and oxygen atoms in total. The van der Waals surface area contributed by atoms with Gasteiger partial charge in [0.25, 0.3) is 5.91 Å². The summed E-state index contributed by atoms with van der Waals surface area (Å²) in [6.45, 7) is 3.86. The van der Waals surface area contributed by atoms with Crippen LogP contribution in [-0.4, -0.2) is 16.4 Å². The molecule has 0 aliphatic rings. The Morgan fingerprint density at radius 3 is 2.45 bits per heavy atom. The predicted octanol–water partition coefficient (Wildman–Crippen LogP) is 3.00.